The molecular weight excluding hydrogens is 402 g/mol. The maximum Gasteiger partial charge on any atom is 0.267 e. The zero-order chi connectivity index (χ0) is 19.5. The third kappa shape index (κ3) is 2.95. The number of aromatic nitrogens is 4. The minimum Gasteiger partial charge on any atom is -0.343 e. The monoisotopic (exact) mass is 420 g/mol. The van der Waals surface area contributed by atoms with Crippen molar-refractivity contribution in [3.8, 4) is 11.3 Å². The molecule has 0 N–H and O–H groups in total. The Balaban J connectivity index is 1.43. The summed E-state index contributed by atoms with van der Waals surface area (Å²) in [4.78, 5) is 7.97. The van der Waals surface area contributed by atoms with Gasteiger partial charge < -0.3 is 9.80 Å². The van der Waals surface area contributed by atoms with Crippen LogP contribution in [-0.4, -0.2) is 59.6 Å². The molecule has 3 aromatic rings. The van der Waals surface area contributed by atoms with Gasteiger partial charge in [-0.1, -0.05) is 0 Å². The van der Waals surface area contributed by atoms with E-state index in [4.69, 9.17) is 17.3 Å². The molecule has 0 bridgehead atoms. The molecule has 0 spiro atoms. The first-order valence-corrected chi connectivity index (χ1v) is 10.3. The Bertz CT molecular complexity index is 1060. The lowest BCUT2D eigenvalue weighted by molar-refractivity contribution is 0.0168. The maximum atomic E-state index is 13.6. The van der Waals surface area contributed by atoms with Crippen molar-refractivity contribution < 1.29 is 8.78 Å². The Morgan fingerprint density at radius 2 is 2.21 bits per heavy atom. The van der Waals surface area contributed by atoms with Crippen LogP contribution in [0.15, 0.2) is 24.5 Å². The van der Waals surface area contributed by atoms with Crippen LogP contribution in [-0.2, 0) is 6.54 Å². The van der Waals surface area contributed by atoms with E-state index in [2.05, 4.69) is 22.3 Å². The summed E-state index contributed by atoms with van der Waals surface area (Å²) in [6.07, 6.45) is 3.39. The highest BCUT2D eigenvalue weighted by Gasteiger charge is 2.41. The molecule has 1 fully saturated rings. The lowest BCUT2D eigenvalue weighted by atomic mass is 10.1. The molecular formula is C18H18F2N6S2. The molecule has 2 aliphatic heterocycles. The van der Waals surface area contributed by atoms with Crippen LogP contribution in [0.3, 0.4) is 0 Å². The van der Waals surface area contributed by atoms with Crippen molar-refractivity contribution >= 4 is 39.1 Å². The van der Waals surface area contributed by atoms with Crippen molar-refractivity contribution in [2.24, 2.45) is 0 Å². The van der Waals surface area contributed by atoms with Crippen molar-refractivity contribution in [3.63, 3.8) is 0 Å². The standard InChI is InChI=1S/C18H18F2N6S2/c1-11-8-25(17(27)24-5-3-18(19,20)10-24)9-12-6-14(23-26(11)12)13-2-4-21-15-7-22-28-16(13)15/h2,4,6-7,11H,3,5,8-10H2,1H3/t11-/m0/s1. The number of halogens is 2. The highest BCUT2D eigenvalue weighted by molar-refractivity contribution is 7.80. The van der Waals surface area contributed by atoms with Gasteiger partial charge in [-0.15, -0.1) is 0 Å². The van der Waals surface area contributed by atoms with Gasteiger partial charge in [-0.05, 0) is 42.8 Å². The van der Waals surface area contributed by atoms with E-state index in [0.717, 1.165) is 27.2 Å². The second-order valence-corrected chi connectivity index (χ2v) is 8.57. The van der Waals surface area contributed by atoms with E-state index in [1.165, 1.54) is 11.5 Å². The Kier molecular flexibility index (Phi) is 4.09. The van der Waals surface area contributed by atoms with Gasteiger partial charge in [-0.3, -0.25) is 9.67 Å². The van der Waals surface area contributed by atoms with E-state index < -0.39 is 5.92 Å². The fourth-order valence-corrected chi connectivity index (χ4v) is 4.97. The number of pyridine rings is 1. The predicted octanol–water partition coefficient (Wildman–Crippen LogP) is 3.56. The van der Waals surface area contributed by atoms with Crippen LogP contribution in [0.1, 0.15) is 25.1 Å². The normalized spacial score (nSPS) is 21.3. The number of hydrogen-bond acceptors (Lipinski definition) is 5. The molecule has 0 aliphatic carbocycles. The van der Waals surface area contributed by atoms with E-state index >= 15 is 0 Å². The molecule has 0 amide bonds. The smallest absolute Gasteiger partial charge is 0.267 e. The van der Waals surface area contributed by atoms with E-state index in [9.17, 15) is 8.78 Å². The number of hydrogen-bond donors (Lipinski definition) is 0. The van der Waals surface area contributed by atoms with Gasteiger partial charge in [0.25, 0.3) is 5.92 Å². The van der Waals surface area contributed by atoms with E-state index in [0.29, 0.717) is 24.7 Å². The fourth-order valence-electron chi connectivity index (χ4n) is 3.95. The van der Waals surface area contributed by atoms with E-state index in [1.807, 2.05) is 15.6 Å². The van der Waals surface area contributed by atoms with Crippen LogP contribution in [0.25, 0.3) is 21.5 Å². The van der Waals surface area contributed by atoms with Crippen LogP contribution in [0, 0.1) is 0 Å². The van der Waals surface area contributed by atoms with Crippen LogP contribution in [0.2, 0.25) is 0 Å². The molecule has 3 aromatic heterocycles. The molecule has 0 saturated carbocycles. The summed E-state index contributed by atoms with van der Waals surface area (Å²) in [5.74, 6) is -2.65. The summed E-state index contributed by atoms with van der Waals surface area (Å²) in [6, 6.07) is 4.10. The lowest BCUT2D eigenvalue weighted by Crippen LogP contribution is -2.47. The average molecular weight is 421 g/mol. The summed E-state index contributed by atoms with van der Waals surface area (Å²) < 4.78 is 34.4. The number of thiocarbonyl (C=S) groups is 1. The van der Waals surface area contributed by atoms with Gasteiger partial charge >= 0.3 is 0 Å². The van der Waals surface area contributed by atoms with E-state index in [1.54, 1.807) is 17.3 Å². The molecule has 10 heteroatoms. The Hall–Kier alpha value is -2.20. The van der Waals surface area contributed by atoms with Gasteiger partial charge in [0.1, 0.15) is 5.52 Å². The summed E-state index contributed by atoms with van der Waals surface area (Å²) >= 11 is 6.95. The topological polar surface area (TPSA) is 50.1 Å². The summed E-state index contributed by atoms with van der Waals surface area (Å²) in [5.41, 5.74) is 3.77. The summed E-state index contributed by atoms with van der Waals surface area (Å²) in [6.45, 7) is 3.31. The largest absolute Gasteiger partial charge is 0.343 e. The molecule has 0 aromatic carbocycles. The first-order chi connectivity index (χ1) is 13.4. The Labute approximate surface area is 169 Å². The highest BCUT2D eigenvalue weighted by atomic mass is 32.1. The first kappa shape index (κ1) is 17.9. The molecule has 6 nitrogen and oxygen atoms in total. The number of likely N-dealkylation sites (tertiary alicyclic amines) is 1. The number of alkyl halides is 2. The number of nitrogens with zero attached hydrogens (tertiary/aromatic N) is 6. The molecule has 28 heavy (non-hydrogen) atoms. The van der Waals surface area contributed by atoms with Crippen molar-refractivity contribution in [1.82, 2.24) is 28.9 Å². The third-order valence-electron chi connectivity index (χ3n) is 5.31. The second-order valence-electron chi connectivity index (χ2n) is 7.40. The van der Waals surface area contributed by atoms with Gasteiger partial charge in [-0.25, -0.2) is 8.78 Å². The quantitative estimate of drug-likeness (QED) is 0.561. The van der Waals surface area contributed by atoms with Gasteiger partial charge in [0.2, 0.25) is 0 Å². The summed E-state index contributed by atoms with van der Waals surface area (Å²) in [7, 11) is 0. The molecule has 0 radical (unpaired) electrons. The highest BCUT2D eigenvalue weighted by Crippen LogP contribution is 2.33. The molecule has 1 atom stereocenters. The minimum absolute atomic E-state index is 0.0948. The van der Waals surface area contributed by atoms with Crippen LogP contribution < -0.4 is 0 Å². The van der Waals surface area contributed by atoms with Gasteiger partial charge in [0, 0.05) is 31.3 Å². The van der Waals surface area contributed by atoms with Gasteiger partial charge in [0.05, 0.1) is 41.4 Å². The first-order valence-electron chi connectivity index (χ1n) is 9.11. The zero-order valence-electron chi connectivity index (χ0n) is 15.2. The molecule has 1 saturated heterocycles. The van der Waals surface area contributed by atoms with Crippen molar-refractivity contribution in [2.75, 3.05) is 19.6 Å². The van der Waals surface area contributed by atoms with Crippen molar-refractivity contribution in [3.05, 3.63) is 30.2 Å². The second kappa shape index (κ2) is 6.41. The van der Waals surface area contributed by atoms with Crippen LogP contribution in [0.5, 0.6) is 0 Å². The SMILES string of the molecule is C[C@H]1CN(C(=S)N2CCC(F)(F)C2)Cc2cc(-c3ccnc4cnsc34)nn21. The molecule has 2 aliphatic rings. The molecule has 5 heterocycles. The van der Waals surface area contributed by atoms with Crippen LogP contribution in [0.4, 0.5) is 8.78 Å². The Morgan fingerprint density at radius 3 is 3.00 bits per heavy atom. The summed E-state index contributed by atoms with van der Waals surface area (Å²) in [5, 5.41) is 5.32. The maximum absolute atomic E-state index is 13.6. The molecule has 146 valence electrons. The van der Waals surface area contributed by atoms with Crippen molar-refractivity contribution in [2.45, 2.75) is 31.9 Å². The van der Waals surface area contributed by atoms with E-state index in [-0.39, 0.29) is 19.0 Å². The third-order valence-corrected chi connectivity index (χ3v) is 6.64. The average Bonchev–Trinajstić information content (AvgIpc) is 3.37. The molecule has 5 rings (SSSR count). The predicted molar refractivity (Wildman–Crippen MR) is 107 cm³/mol. The fraction of sp³-hybridized carbons (Fsp3) is 0.444. The van der Waals surface area contributed by atoms with Crippen molar-refractivity contribution in [1.29, 1.82) is 0 Å². The van der Waals surface area contributed by atoms with Gasteiger partial charge in [0.15, 0.2) is 5.11 Å². The zero-order valence-corrected chi connectivity index (χ0v) is 16.8. The number of fused-ring (bicyclic) bond motifs is 2. The van der Waals surface area contributed by atoms with Crippen LogP contribution >= 0.6 is 23.8 Å². The van der Waals surface area contributed by atoms with Gasteiger partial charge in [-0.2, -0.15) is 9.47 Å². The Morgan fingerprint density at radius 1 is 1.36 bits per heavy atom. The lowest BCUT2D eigenvalue weighted by Gasteiger charge is -2.36. The molecule has 0 unspecified atom stereocenters. The minimum atomic E-state index is -2.65. The number of rotatable bonds is 1.